The van der Waals surface area contributed by atoms with Crippen molar-refractivity contribution in [3.8, 4) is 0 Å². The van der Waals surface area contributed by atoms with Crippen molar-refractivity contribution in [2.75, 3.05) is 6.54 Å². The Bertz CT molecular complexity index is 394. The molecule has 0 saturated heterocycles. The smallest absolute Gasteiger partial charge is 0.223 e. The van der Waals surface area contributed by atoms with Crippen LogP contribution in [-0.4, -0.2) is 17.4 Å². The molecule has 0 aromatic carbocycles. The first-order chi connectivity index (χ1) is 8.72. The molecule has 98 valence electrons. The summed E-state index contributed by atoms with van der Waals surface area (Å²) in [6.07, 6.45) is 7.87. The highest BCUT2D eigenvalue weighted by Crippen LogP contribution is 2.47. The van der Waals surface area contributed by atoms with Crippen LogP contribution in [0.15, 0.2) is 24.5 Å². The fourth-order valence-corrected chi connectivity index (χ4v) is 2.45. The Morgan fingerprint density at radius 1 is 1.44 bits per heavy atom. The number of hydrogen-bond donors (Lipinski definition) is 1. The number of nitrogens with zero attached hydrogens (tertiary/aromatic N) is 1. The molecule has 0 atom stereocenters. The molecule has 1 saturated carbocycles. The van der Waals surface area contributed by atoms with E-state index in [1.165, 1.54) is 5.56 Å². The van der Waals surface area contributed by atoms with Crippen LogP contribution in [0.5, 0.6) is 0 Å². The zero-order valence-electron chi connectivity index (χ0n) is 11.3. The number of hydrogen-bond acceptors (Lipinski definition) is 2. The lowest BCUT2D eigenvalue weighted by Gasteiger charge is -2.18. The fraction of sp³-hybridized carbons (Fsp3) is 0.600. The second-order valence-corrected chi connectivity index (χ2v) is 5.25. The molecule has 18 heavy (non-hydrogen) atoms. The molecule has 0 spiro atoms. The quantitative estimate of drug-likeness (QED) is 0.838. The van der Waals surface area contributed by atoms with Gasteiger partial charge < -0.3 is 5.32 Å². The van der Waals surface area contributed by atoms with E-state index in [4.69, 9.17) is 0 Å². The number of amides is 1. The monoisotopic (exact) mass is 246 g/mol. The SMILES string of the molecule is CCC(CC)C(=O)NCC1(c2cccnc2)CC1. The van der Waals surface area contributed by atoms with Gasteiger partial charge in [-0.15, -0.1) is 0 Å². The van der Waals surface area contributed by atoms with E-state index in [1.54, 1.807) is 6.20 Å². The van der Waals surface area contributed by atoms with Crippen LogP contribution in [0.4, 0.5) is 0 Å². The Morgan fingerprint density at radius 3 is 2.67 bits per heavy atom. The predicted molar refractivity (Wildman–Crippen MR) is 72.2 cm³/mol. The van der Waals surface area contributed by atoms with Crippen molar-refractivity contribution in [3.63, 3.8) is 0 Å². The zero-order chi connectivity index (χ0) is 13.0. The number of nitrogens with one attached hydrogen (secondary N) is 1. The van der Waals surface area contributed by atoms with Crippen molar-refractivity contribution in [1.82, 2.24) is 10.3 Å². The number of pyridine rings is 1. The number of carbonyl (C=O) groups is 1. The van der Waals surface area contributed by atoms with Gasteiger partial charge in [-0.3, -0.25) is 9.78 Å². The molecule has 0 radical (unpaired) electrons. The van der Waals surface area contributed by atoms with Gasteiger partial charge in [-0.2, -0.15) is 0 Å². The van der Waals surface area contributed by atoms with Crippen LogP contribution in [0.25, 0.3) is 0 Å². The second kappa shape index (κ2) is 5.51. The molecule has 1 aliphatic rings. The Hall–Kier alpha value is -1.38. The van der Waals surface area contributed by atoms with E-state index >= 15 is 0 Å². The van der Waals surface area contributed by atoms with E-state index in [2.05, 4.69) is 30.2 Å². The fourth-order valence-electron chi connectivity index (χ4n) is 2.45. The molecular weight excluding hydrogens is 224 g/mol. The lowest BCUT2D eigenvalue weighted by atomic mass is 9.96. The summed E-state index contributed by atoms with van der Waals surface area (Å²) in [5, 5.41) is 3.12. The van der Waals surface area contributed by atoms with Gasteiger partial charge in [-0.1, -0.05) is 19.9 Å². The molecule has 3 nitrogen and oxygen atoms in total. The molecular formula is C15H22N2O. The van der Waals surface area contributed by atoms with Crippen LogP contribution in [0.1, 0.15) is 45.1 Å². The Labute approximate surface area is 109 Å². The summed E-state index contributed by atoms with van der Waals surface area (Å²) in [5.41, 5.74) is 1.42. The maximum atomic E-state index is 12.0. The molecule has 2 rings (SSSR count). The lowest BCUT2D eigenvalue weighted by Crippen LogP contribution is -2.36. The van der Waals surface area contributed by atoms with E-state index in [-0.39, 0.29) is 17.2 Å². The number of rotatable bonds is 6. The van der Waals surface area contributed by atoms with Crippen LogP contribution >= 0.6 is 0 Å². The van der Waals surface area contributed by atoms with Crippen LogP contribution in [0, 0.1) is 5.92 Å². The van der Waals surface area contributed by atoms with Gasteiger partial charge in [-0.25, -0.2) is 0 Å². The van der Waals surface area contributed by atoms with Gasteiger partial charge >= 0.3 is 0 Å². The average molecular weight is 246 g/mol. The van der Waals surface area contributed by atoms with Crippen molar-refractivity contribution < 1.29 is 4.79 Å². The van der Waals surface area contributed by atoms with Crippen molar-refractivity contribution in [1.29, 1.82) is 0 Å². The maximum Gasteiger partial charge on any atom is 0.223 e. The van der Waals surface area contributed by atoms with Gasteiger partial charge in [0.05, 0.1) is 0 Å². The van der Waals surface area contributed by atoms with Crippen LogP contribution in [0.3, 0.4) is 0 Å². The van der Waals surface area contributed by atoms with Gasteiger partial charge in [0.2, 0.25) is 5.91 Å². The minimum Gasteiger partial charge on any atom is -0.355 e. The third-order valence-electron chi connectivity index (χ3n) is 4.08. The molecule has 1 heterocycles. The second-order valence-electron chi connectivity index (χ2n) is 5.25. The lowest BCUT2D eigenvalue weighted by molar-refractivity contribution is -0.125. The molecule has 3 heteroatoms. The molecule has 1 aromatic heterocycles. The van der Waals surface area contributed by atoms with Crippen molar-refractivity contribution in [2.45, 2.75) is 44.9 Å². The Kier molecular flexibility index (Phi) is 4.00. The topological polar surface area (TPSA) is 42.0 Å². The van der Waals surface area contributed by atoms with Gasteiger partial charge in [0, 0.05) is 30.3 Å². The van der Waals surface area contributed by atoms with Gasteiger partial charge in [-0.05, 0) is 37.3 Å². The summed E-state index contributed by atoms with van der Waals surface area (Å²) < 4.78 is 0. The van der Waals surface area contributed by atoms with Crippen LogP contribution in [-0.2, 0) is 10.2 Å². The van der Waals surface area contributed by atoms with E-state index < -0.39 is 0 Å². The maximum absolute atomic E-state index is 12.0. The molecule has 0 bridgehead atoms. The first-order valence-electron chi connectivity index (χ1n) is 6.90. The summed E-state index contributed by atoms with van der Waals surface area (Å²) in [7, 11) is 0. The van der Waals surface area contributed by atoms with Crippen LogP contribution in [0.2, 0.25) is 0 Å². The average Bonchev–Trinajstić information content (AvgIpc) is 3.20. The summed E-state index contributed by atoms with van der Waals surface area (Å²) >= 11 is 0. The highest BCUT2D eigenvalue weighted by atomic mass is 16.1. The molecule has 1 fully saturated rings. The zero-order valence-corrected chi connectivity index (χ0v) is 11.3. The summed E-state index contributed by atoms with van der Waals surface area (Å²) in [6.45, 7) is 4.90. The largest absolute Gasteiger partial charge is 0.355 e. The standard InChI is InChI=1S/C15H22N2O/c1-3-12(4-2)14(18)17-11-15(7-8-15)13-6-5-9-16-10-13/h5-6,9-10,12H,3-4,7-8,11H2,1-2H3,(H,17,18). The molecule has 1 amide bonds. The highest BCUT2D eigenvalue weighted by Gasteiger charge is 2.44. The minimum atomic E-state index is 0.162. The third kappa shape index (κ3) is 2.71. The molecule has 1 aliphatic carbocycles. The first kappa shape index (κ1) is 13.1. The van der Waals surface area contributed by atoms with Crippen LogP contribution < -0.4 is 5.32 Å². The van der Waals surface area contributed by atoms with Gasteiger partial charge in [0.15, 0.2) is 0 Å². The molecule has 0 unspecified atom stereocenters. The van der Waals surface area contributed by atoms with E-state index in [0.717, 1.165) is 32.2 Å². The van der Waals surface area contributed by atoms with Gasteiger partial charge in [0.25, 0.3) is 0 Å². The summed E-state index contributed by atoms with van der Waals surface area (Å²) in [4.78, 5) is 16.2. The molecule has 0 aliphatic heterocycles. The van der Waals surface area contributed by atoms with Crippen molar-refractivity contribution >= 4 is 5.91 Å². The summed E-state index contributed by atoms with van der Waals surface area (Å²) in [6, 6.07) is 4.08. The van der Waals surface area contributed by atoms with Crippen molar-refractivity contribution in [3.05, 3.63) is 30.1 Å². The number of aromatic nitrogens is 1. The molecule has 1 N–H and O–H groups in total. The normalized spacial score (nSPS) is 16.6. The Morgan fingerprint density at radius 2 is 2.17 bits per heavy atom. The summed E-state index contributed by atoms with van der Waals surface area (Å²) in [5.74, 6) is 0.366. The van der Waals surface area contributed by atoms with Gasteiger partial charge in [0.1, 0.15) is 0 Å². The van der Waals surface area contributed by atoms with E-state index in [9.17, 15) is 4.79 Å². The third-order valence-corrected chi connectivity index (χ3v) is 4.08. The minimum absolute atomic E-state index is 0.162. The predicted octanol–water partition coefficient (Wildman–Crippen LogP) is 2.67. The molecule has 1 aromatic rings. The van der Waals surface area contributed by atoms with E-state index in [0.29, 0.717) is 0 Å². The first-order valence-corrected chi connectivity index (χ1v) is 6.90. The highest BCUT2D eigenvalue weighted by molar-refractivity contribution is 5.78. The van der Waals surface area contributed by atoms with E-state index in [1.807, 2.05) is 12.3 Å². The Balaban J connectivity index is 1.93. The number of carbonyl (C=O) groups excluding carboxylic acids is 1. The van der Waals surface area contributed by atoms with Crippen molar-refractivity contribution in [2.24, 2.45) is 5.92 Å².